The topological polar surface area (TPSA) is 47.3 Å². The number of fused-ring (bicyclic) bond motifs is 1. The predicted molar refractivity (Wildman–Crippen MR) is 82.3 cm³/mol. The Labute approximate surface area is 125 Å². The summed E-state index contributed by atoms with van der Waals surface area (Å²) in [4.78, 5) is 17.3. The lowest BCUT2D eigenvalue weighted by atomic mass is 10.2. The Hall–Kier alpha value is -1.42. The van der Waals surface area contributed by atoms with Gasteiger partial charge in [0.25, 0.3) is 5.91 Å². The molecule has 1 saturated heterocycles. The zero-order valence-corrected chi connectivity index (χ0v) is 12.8. The smallest absolute Gasteiger partial charge is 0.264 e. The van der Waals surface area contributed by atoms with Gasteiger partial charge in [-0.15, -0.1) is 22.7 Å². The molecular weight excluding hydrogens is 290 g/mol. The van der Waals surface area contributed by atoms with Crippen LogP contribution in [0.5, 0.6) is 0 Å². The molecule has 0 aromatic carbocycles. The summed E-state index contributed by atoms with van der Waals surface area (Å²) in [5, 5.41) is 11.0. The van der Waals surface area contributed by atoms with E-state index >= 15 is 0 Å². The van der Waals surface area contributed by atoms with E-state index in [0.717, 1.165) is 18.0 Å². The van der Waals surface area contributed by atoms with E-state index in [1.807, 2.05) is 17.9 Å². The number of amides is 1. The summed E-state index contributed by atoms with van der Waals surface area (Å²) < 4.78 is 2.38. The van der Waals surface area contributed by atoms with Gasteiger partial charge in [-0.3, -0.25) is 9.69 Å². The highest BCUT2D eigenvalue weighted by Gasteiger charge is 2.25. The maximum absolute atomic E-state index is 12.5. The molecule has 2 aromatic heterocycles. The van der Waals surface area contributed by atoms with Crippen molar-refractivity contribution in [1.29, 1.82) is 5.26 Å². The Morgan fingerprint density at radius 3 is 2.75 bits per heavy atom. The first-order chi connectivity index (χ1) is 9.69. The van der Waals surface area contributed by atoms with Crippen molar-refractivity contribution in [2.75, 3.05) is 26.2 Å². The van der Waals surface area contributed by atoms with E-state index in [9.17, 15) is 4.79 Å². The van der Waals surface area contributed by atoms with Gasteiger partial charge in [-0.25, -0.2) is 0 Å². The van der Waals surface area contributed by atoms with Gasteiger partial charge in [-0.2, -0.15) is 5.26 Å². The van der Waals surface area contributed by atoms with Gasteiger partial charge in [0.15, 0.2) is 0 Å². The molecule has 0 radical (unpaired) electrons. The highest BCUT2D eigenvalue weighted by atomic mass is 32.1. The molecule has 20 heavy (non-hydrogen) atoms. The lowest BCUT2D eigenvalue weighted by molar-refractivity contribution is 0.0620. The molecule has 0 saturated carbocycles. The maximum Gasteiger partial charge on any atom is 0.264 e. The Kier molecular flexibility index (Phi) is 3.74. The first-order valence-corrected chi connectivity index (χ1v) is 8.28. The minimum Gasteiger partial charge on any atom is -0.335 e. The van der Waals surface area contributed by atoms with Gasteiger partial charge >= 0.3 is 0 Å². The number of thiophene rings is 2. The molecule has 0 bridgehead atoms. The number of nitrogens with zero attached hydrogens (tertiary/aromatic N) is 3. The minimum atomic E-state index is -0.0701. The van der Waals surface area contributed by atoms with Crippen molar-refractivity contribution in [2.24, 2.45) is 0 Å². The number of rotatable bonds is 2. The Balaban J connectivity index is 1.67. The summed E-state index contributed by atoms with van der Waals surface area (Å²) in [6.07, 6.45) is 0. The van der Waals surface area contributed by atoms with Gasteiger partial charge in [-0.05, 0) is 24.4 Å². The highest BCUT2D eigenvalue weighted by Crippen LogP contribution is 2.30. The van der Waals surface area contributed by atoms with Crippen LogP contribution in [0.2, 0.25) is 0 Å². The standard InChI is InChI=1S/C14H15N3OS2/c1-10(9-15)16-3-5-17(6-4-16)14(18)13-8-12-11(20-13)2-7-19-12/h2,7-8,10H,3-6H2,1H3. The lowest BCUT2D eigenvalue weighted by Crippen LogP contribution is -2.50. The molecule has 3 rings (SSSR count). The number of piperazine rings is 1. The number of hydrogen-bond acceptors (Lipinski definition) is 5. The van der Waals surface area contributed by atoms with E-state index in [2.05, 4.69) is 22.4 Å². The van der Waals surface area contributed by atoms with Crippen molar-refractivity contribution in [1.82, 2.24) is 9.80 Å². The zero-order chi connectivity index (χ0) is 14.1. The van der Waals surface area contributed by atoms with E-state index in [0.29, 0.717) is 13.1 Å². The van der Waals surface area contributed by atoms with Gasteiger partial charge in [0, 0.05) is 35.6 Å². The third-order valence-electron chi connectivity index (χ3n) is 3.69. The van der Waals surface area contributed by atoms with Gasteiger partial charge in [0.1, 0.15) is 0 Å². The molecule has 2 aromatic rings. The number of nitriles is 1. The molecule has 1 aliphatic heterocycles. The van der Waals surface area contributed by atoms with Gasteiger partial charge < -0.3 is 4.90 Å². The van der Waals surface area contributed by atoms with E-state index in [-0.39, 0.29) is 11.9 Å². The van der Waals surface area contributed by atoms with Crippen molar-refractivity contribution in [3.8, 4) is 6.07 Å². The van der Waals surface area contributed by atoms with Crippen LogP contribution in [0, 0.1) is 11.3 Å². The van der Waals surface area contributed by atoms with Crippen molar-refractivity contribution in [2.45, 2.75) is 13.0 Å². The quantitative estimate of drug-likeness (QED) is 0.857. The molecule has 6 heteroatoms. The van der Waals surface area contributed by atoms with Gasteiger partial charge in [0.05, 0.1) is 17.0 Å². The van der Waals surface area contributed by atoms with Crippen LogP contribution >= 0.6 is 22.7 Å². The molecule has 4 nitrogen and oxygen atoms in total. The maximum atomic E-state index is 12.5. The fourth-order valence-corrected chi connectivity index (χ4v) is 4.50. The van der Waals surface area contributed by atoms with Crippen molar-refractivity contribution < 1.29 is 4.79 Å². The summed E-state index contributed by atoms with van der Waals surface area (Å²) in [5.74, 6) is 0.127. The van der Waals surface area contributed by atoms with Crippen LogP contribution in [0.25, 0.3) is 9.40 Å². The fraction of sp³-hybridized carbons (Fsp3) is 0.429. The monoisotopic (exact) mass is 305 g/mol. The molecule has 1 unspecified atom stereocenters. The Morgan fingerprint density at radius 2 is 2.10 bits per heavy atom. The highest BCUT2D eigenvalue weighted by molar-refractivity contribution is 7.27. The average Bonchev–Trinajstić information content (AvgIpc) is 3.07. The summed E-state index contributed by atoms with van der Waals surface area (Å²) in [5.41, 5.74) is 0. The van der Waals surface area contributed by atoms with Crippen LogP contribution in [0.4, 0.5) is 0 Å². The molecule has 1 fully saturated rings. The molecule has 3 heterocycles. The molecule has 0 spiro atoms. The van der Waals surface area contributed by atoms with Crippen LogP contribution in [-0.4, -0.2) is 47.9 Å². The third-order valence-corrected chi connectivity index (χ3v) is 5.77. The summed E-state index contributed by atoms with van der Waals surface area (Å²) in [6, 6.07) is 6.24. The van der Waals surface area contributed by atoms with Crippen LogP contribution in [0.1, 0.15) is 16.6 Å². The van der Waals surface area contributed by atoms with Crippen LogP contribution in [-0.2, 0) is 0 Å². The fourth-order valence-electron chi connectivity index (χ4n) is 2.42. The molecular formula is C14H15N3OS2. The molecule has 1 atom stereocenters. The van der Waals surface area contributed by atoms with E-state index in [1.54, 1.807) is 22.7 Å². The SMILES string of the molecule is CC(C#N)N1CCN(C(=O)c2cc3sccc3s2)CC1. The zero-order valence-electron chi connectivity index (χ0n) is 11.2. The second kappa shape index (κ2) is 5.52. The molecule has 0 N–H and O–H groups in total. The minimum absolute atomic E-state index is 0.0701. The predicted octanol–water partition coefficient (Wildman–Crippen LogP) is 2.63. The van der Waals surface area contributed by atoms with Gasteiger partial charge in [0.2, 0.25) is 0 Å². The van der Waals surface area contributed by atoms with E-state index in [4.69, 9.17) is 5.26 Å². The first kappa shape index (κ1) is 13.6. The summed E-state index contributed by atoms with van der Waals surface area (Å²) in [6.45, 7) is 4.87. The van der Waals surface area contributed by atoms with Crippen molar-refractivity contribution >= 4 is 38.0 Å². The van der Waals surface area contributed by atoms with Crippen LogP contribution in [0.15, 0.2) is 17.5 Å². The first-order valence-electron chi connectivity index (χ1n) is 6.59. The number of carbonyl (C=O) groups excluding carboxylic acids is 1. The lowest BCUT2D eigenvalue weighted by Gasteiger charge is -2.35. The van der Waals surface area contributed by atoms with Crippen molar-refractivity contribution in [3.05, 3.63) is 22.4 Å². The van der Waals surface area contributed by atoms with Crippen molar-refractivity contribution in [3.63, 3.8) is 0 Å². The van der Waals surface area contributed by atoms with E-state index in [1.165, 1.54) is 9.40 Å². The number of carbonyl (C=O) groups is 1. The third kappa shape index (κ3) is 2.44. The molecule has 1 aliphatic rings. The average molecular weight is 305 g/mol. The van der Waals surface area contributed by atoms with Gasteiger partial charge in [-0.1, -0.05) is 0 Å². The molecule has 104 valence electrons. The Bertz CT molecular complexity index is 633. The summed E-state index contributed by atoms with van der Waals surface area (Å²) >= 11 is 3.25. The Morgan fingerprint density at radius 1 is 1.35 bits per heavy atom. The largest absolute Gasteiger partial charge is 0.335 e. The normalized spacial score (nSPS) is 18.1. The van der Waals surface area contributed by atoms with E-state index < -0.39 is 0 Å². The summed E-state index contributed by atoms with van der Waals surface area (Å²) in [7, 11) is 0. The molecule has 0 aliphatic carbocycles. The second-order valence-corrected chi connectivity index (χ2v) is 6.92. The van der Waals surface area contributed by atoms with Crippen LogP contribution < -0.4 is 0 Å². The second-order valence-electron chi connectivity index (χ2n) is 4.89. The van der Waals surface area contributed by atoms with Crippen LogP contribution in [0.3, 0.4) is 0 Å². The molecule has 1 amide bonds. The number of hydrogen-bond donors (Lipinski definition) is 0.